The Morgan fingerprint density at radius 3 is 1.79 bits per heavy atom. The van der Waals surface area contributed by atoms with Gasteiger partial charge in [0, 0.05) is 18.5 Å². The van der Waals surface area contributed by atoms with Gasteiger partial charge < -0.3 is 4.90 Å². The van der Waals surface area contributed by atoms with Crippen molar-refractivity contribution in [3.63, 3.8) is 0 Å². The lowest BCUT2D eigenvalue weighted by molar-refractivity contribution is -0.278. The van der Waals surface area contributed by atoms with Crippen molar-refractivity contribution < 1.29 is 31.1 Å². The number of alkyl halides is 7. The predicted molar refractivity (Wildman–Crippen MR) is 57.8 cm³/mol. The highest BCUT2D eigenvalue weighted by molar-refractivity contribution is 6.17. The van der Waals surface area contributed by atoms with E-state index in [4.69, 9.17) is 11.6 Å². The second-order valence-corrected chi connectivity index (χ2v) is 4.56. The van der Waals surface area contributed by atoms with Crippen LogP contribution in [0.15, 0.2) is 0 Å². The molecule has 0 N–H and O–H groups in total. The summed E-state index contributed by atoms with van der Waals surface area (Å²) in [6, 6.07) is -0.775. The van der Waals surface area contributed by atoms with Crippen LogP contribution in [0.25, 0.3) is 0 Å². The first-order valence-electron chi connectivity index (χ1n) is 5.42. The quantitative estimate of drug-likeness (QED) is 0.561. The minimum absolute atomic E-state index is 0.0409. The fourth-order valence-electron chi connectivity index (χ4n) is 1.48. The zero-order chi connectivity index (χ0) is 15.4. The monoisotopic (exact) mass is 313 g/mol. The second kappa shape index (κ2) is 6.67. The molecule has 0 bridgehead atoms. The van der Waals surface area contributed by atoms with Gasteiger partial charge in [-0.05, 0) is 20.3 Å². The maximum absolute atomic E-state index is 12.4. The zero-order valence-corrected chi connectivity index (χ0v) is 11.0. The summed E-state index contributed by atoms with van der Waals surface area (Å²) in [6.07, 6.45) is -11.2. The average Bonchev–Trinajstić information content (AvgIpc) is 2.12. The van der Waals surface area contributed by atoms with Gasteiger partial charge in [0.1, 0.15) is 0 Å². The molecule has 0 aromatic rings. The smallest absolute Gasteiger partial charge is 0.339 e. The van der Waals surface area contributed by atoms with Crippen LogP contribution in [0.3, 0.4) is 0 Å². The van der Waals surface area contributed by atoms with Crippen LogP contribution in [0.4, 0.5) is 26.3 Å². The van der Waals surface area contributed by atoms with Gasteiger partial charge in [-0.1, -0.05) is 0 Å². The third-order valence-corrected chi connectivity index (χ3v) is 2.61. The second-order valence-electron chi connectivity index (χ2n) is 4.18. The first-order valence-corrected chi connectivity index (χ1v) is 5.96. The molecule has 114 valence electrons. The number of rotatable bonds is 5. The number of nitrogens with zero attached hydrogens (tertiary/aromatic N) is 1. The lowest BCUT2D eigenvalue weighted by Crippen LogP contribution is -2.51. The Kier molecular flexibility index (Phi) is 6.44. The van der Waals surface area contributed by atoms with Gasteiger partial charge in [0.2, 0.25) is 11.8 Å². The van der Waals surface area contributed by atoms with Crippen LogP contribution in [0.2, 0.25) is 0 Å². The van der Waals surface area contributed by atoms with Crippen molar-refractivity contribution in [1.82, 2.24) is 4.90 Å². The molecule has 0 saturated carbocycles. The summed E-state index contributed by atoms with van der Waals surface area (Å²) >= 11 is 5.33. The summed E-state index contributed by atoms with van der Waals surface area (Å²) in [4.78, 5) is 12.1. The topological polar surface area (TPSA) is 20.3 Å². The maximum Gasteiger partial charge on any atom is 0.409 e. The molecule has 0 spiro atoms. The summed E-state index contributed by atoms with van der Waals surface area (Å²) in [7, 11) is 0. The fourth-order valence-corrected chi connectivity index (χ4v) is 1.60. The van der Waals surface area contributed by atoms with Crippen LogP contribution in [0, 0.1) is 5.92 Å². The summed E-state index contributed by atoms with van der Waals surface area (Å²) in [5.41, 5.74) is 0. The van der Waals surface area contributed by atoms with Crippen LogP contribution in [-0.2, 0) is 4.79 Å². The number of hydrogen-bond donors (Lipinski definition) is 0. The van der Waals surface area contributed by atoms with E-state index < -0.39 is 30.2 Å². The molecular weight excluding hydrogens is 300 g/mol. The van der Waals surface area contributed by atoms with Crippen LogP contribution < -0.4 is 0 Å². The first kappa shape index (κ1) is 18.3. The molecule has 0 aliphatic heterocycles. The summed E-state index contributed by atoms with van der Waals surface area (Å²) in [5, 5.41) is 0. The lowest BCUT2D eigenvalue weighted by atomic mass is 10.1. The van der Waals surface area contributed by atoms with Crippen molar-refractivity contribution in [2.24, 2.45) is 5.92 Å². The predicted octanol–water partition coefficient (Wildman–Crippen LogP) is 3.59. The molecule has 0 radical (unpaired) electrons. The van der Waals surface area contributed by atoms with Gasteiger partial charge in [-0.15, -0.1) is 11.6 Å². The molecule has 0 fully saturated rings. The number of carbonyl (C=O) groups excluding carboxylic acids is 1. The Balaban J connectivity index is 5.26. The van der Waals surface area contributed by atoms with E-state index in [1.807, 2.05) is 0 Å². The standard InChI is InChI=1S/C10H14ClF6NO/c1-6(2)18(5-3-4-11)8(19)7(9(12,13)14)10(15,16)17/h6-7H,3-5H2,1-2H3. The summed E-state index contributed by atoms with van der Waals surface area (Å²) < 4.78 is 74.5. The number of hydrogen-bond acceptors (Lipinski definition) is 1. The van der Waals surface area contributed by atoms with Gasteiger partial charge in [0.15, 0.2) is 0 Å². The van der Waals surface area contributed by atoms with E-state index in [2.05, 4.69) is 0 Å². The van der Waals surface area contributed by atoms with Crippen molar-refractivity contribution in [3.8, 4) is 0 Å². The van der Waals surface area contributed by atoms with Crippen LogP contribution >= 0.6 is 11.6 Å². The van der Waals surface area contributed by atoms with Gasteiger partial charge in [-0.3, -0.25) is 4.79 Å². The van der Waals surface area contributed by atoms with Gasteiger partial charge in [-0.2, -0.15) is 26.3 Å². The molecule has 19 heavy (non-hydrogen) atoms. The van der Waals surface area contributed by atoms with E-state index in [0.29, 0.717) is 4.90 Å². The molecule has 0 unspecified atom stereocenters. The minimum atomic E-state index is -5.66. The molecule has 1 amide bonds. The lowest BCUT2D eigenvalue weighted by Gasteiger charge is -2.32. The molecule has 0 heterocycles. The highest BCUT2D eigenvalue weighted by atomic mass is 35.5. The molecule has 0 aliphatic carbocycles. The minimum Gasteiger partial charge on any atom is -0.339 e. The molecule has 0 aliphatic rings. The largest absolute Gasteiger partial charge is 0.409 e. The SMILES string of the molecule is CC(C)N(CCCCl)C(=O)C(C(F)(F)F)C(F)(F)F. The molecular formula is C10H14ClF6NO. The Labute approximate surface area is 111 Å². The van der Waals surface area contributed by atoms with Gasteiger partial charge in [0.05, 0.1) is 0 Å². The van der Waals surface area contributed by atoms with Crippen molar-refractivity contribution in [1.29, 1.82) is 0 Å². The number of halogens is 7. The van der Waals surface area contributed by atoms with E-state index in [9.17, 15) is 31.1 Å². The maximum atomic E-state index is 12.4. The molecule has 2 nitrogen and oxygen atoms in total. The Morgan fingerprint density at radius 1 is 1.11 bits per heavy atom. The molecule has 0 aromatic heterocycles. The van der Waals surface area contributed by atoms with E-state index in [0.717, 1.165) is 0 Å². The molecule has 0 rings (SSSR count). The van der Waals surface area contributed by atoms with Gasteiger partial charge >= 0.3 is 12.4 Å². The summed E-state index contributed by atoms with van der Waals surface area (Å²) in [5.74, 6) is -5.93. The van der Waals surface area contributed by atoms with Crippen LogP contribution in [0.5, 0.6) is 0 Å². The van der Waals surface area contributed by atoms with Crippen molar-refractivity contribution in [2.45, 2.75) is 38.7 Å². The zero-order valence-electron chi connectivity index (χ0n) is 10.3. The number of carbonyl (C=O) groups is 1. The van der Waals surface area contributed by atoms with Crippen molar-refractivity contribution in [3.05, 3.63) is 0 Å². The Hall–Kier alpha value is -0.660. The highest BCUT2D eigenvalue weighted by Gasteiger charge is 2.62. The highest BCUT2D eigenvalue weighted by Crippen LogP contribution is 2.40. The van der Waals surface area contributed by atoms with Gasteiger partial charge in [0.25, 0.3) is 0 Å². The van der Waals surface area contributed by atoms with Crippen LogP contribution in [0.1, 0.15) is 20.3 Å². The Morgan fingerprint density at radius 2 is 1.53 bits per heavy atom. The van der Waals surface area contributed by atoms with E-state index in [-0.39, 0.29) is 18.8 Å². The van der Waals surface area contributed by atoms with E-state index in [1.165, 1.54) is 13.8 Å². The normalized spacial score (nSPS) is 13.2. The molecule has 0 atom stereocenters. The first-order chi connectivity index (χ1) is 8.42. The van der Waals surface area contributed by atoms with E-state index >= 15 is 0 Å². The van der Waals surface area contributed by atoms with Crippen molar-refractivity contribution in [2.75, 3.05) is 12.4 Å². The van der Waals surface area contributed by atoms with Crippen LogP contribution in [-0.4, -0.2) is 41.6 Å². The number of amides is 1. The average molecular weight is 314 g/mol. The van der Waals surface area contributed by atoms with Gasteiger partial charge in [-0.25, -0.2) is 0 Å². The van der Waals surface area contributed by atoms with Crippen molar-refractivity contribution >= 4 is 17.5 Å². The molecule has 0 saturated heterocycles. The Bertz CT molecular complexity index is 287. The molecule has 9 heteroatoms. The third-order valence-electron chi connectivity index (χ3n) is 2.34. The fraction of sp³-hybridized carbons (Fsp3) is 0.900. The summed E-state index contributed by atoms with van der Waals surface area (Å²) in [6.45, 7) is 2.44. The van der Waals surface area contributed by atoms with E-state index in [1.54, 1.807) is 0 Å². The third kappa shape index (κ3) is 5.46. The molecule has 0 aromatic carbocycles.